The van der Waals surface area contributed by atoms with Gasteiger partial charge in [0.25, 0.3) is 0 Å². The molecule has 1 amide bonds. The Labute approximate surface area is 122 Å². The maximum absolute atomic E-state index is 11.8. The molecule has 2 aromatic rings. The number of hydrogen-bond donors (Lipinski definition) is 2. The van der Waals surface area contributed by atoms with E-state index in [1.165, 1.54) is 0 Å². The summed E-state index contributed by atoms with van der Waals surface area (Å²) >= 11 is 8.09. The first-order valence-electron chi connectivity index (χ1n) is 5.07. The van der Waals surface area contributed by atoms with Crippen LogP contribution in [-0.4, -0.2) is 15.7 Å². The van der Waals surface area contributed by atoms with Crippen LogP contribution in [0.2, 0.25) is 5.02 Å². The van der Waals surface area contributed by atoms with Gasteiger partial charge in [-0.1, -0.05) is 11.6 Å². The van der Waals surface area contributed by atoms with Gasteiger partial charge in [-0.05, 0) is 40.8 Å². The minimum atomic E-state index is -0.193. The number of halogens is 2. The lowest BCUT2D eigenvalue weighted by atomic mass is 10.3. The van der Waals surface area contributed by atoms with Gasteiger partial charge in [0.1, 0.15) is 6.54 Å². The minimum Gasteiger partial charge on any atom is -0.399 e. The van der Waals surface area contributed by atoms with E-state index < -0.39 is 0 Å². The number of anilines is 2. The first-order valence-corrected chi connectivity index (χ1v) is 6.53. The molecule has 0 unspecified atom stereocenters. The van der Waals surface area contributed by atoms with Gasteiger partial charge >= 0.3 is 0 Å². The number of carbonyl (C=O) groups is 1. The summed E-state index contributed by atoms with van der Waals surface area (Å²) in [7, 11) is 0. The molecule has 3 N–H and O–H groups in total. The number of hydrogen-bond acceptors (Lipinski definition) is 3. The molecule has 1 heterocycles. The predicted molar refractivity (Wildman–Crippen MR) is 79.4 cm³/mol. The van der Waals surface area contributed by atoms with Crippen LogP contribution >= 0.6 is 34.2 Å². The number of carbonyl (C=O) groups excluding carboxylic acids is 1. The van der Waals surface area contributed by atoms with Crippen LogP contribution < -0.4 is 11.1 Å². The molecule has 7 heteroatoms. The Kier molecular flexibility index (Phi) is 4.07. The van der Waals surface area contributed by atoms with Crippen LogP contribution in [0.4, 0.5) is 11.4 Å². The van der Waals surface area contributed by atoms with Gasteiger partial charge in [-0.25, -0.2) is 0 Å². The molecule has 0 fully saturated rings. The standard InChI is InChI=1S/C11H10ClIN4O/c12-9-3-8(14)1-2-10(9)16-11(18)6-17-5-7(13)4-15-17/h1-5H,6,14H2,(H,16,18). The van der Waals surface area contributed by atoms with Crippen LogP contribution in [0.15, 0.2) is 30.6 Å². The van der Waals surface area contributed by atoms with E-state index in [2.05, 4.69) is 33.0 Å². The van der Waals surface area contributed by atoms with Crippen molar-refractivity contribution >= 4 is 51.5 Å². The molecule has 0 aliphatic rings. The molecule has 0 spiro atoms. The highest BCUT2D eigenvalue weighted by atomic mass is 127. The summed E-state index contributed by atoms with van der Waals surface area (Å²) < 4.78 is 2.54. The molecule has 0 aliphatic carbocycles. The van der Waals surface area contributed by atoms with Crippen LogP contribution in [0.1, 0.15) is 0 Å². The molecule has 0 aliphatic heterocycles. The predicted octanol–water partition coefficient (Wildman–Crippen LogP) is 2.36. The monoisotopic (exact) mass is 376 g/mol. The lowest BCUT2D eigenvalue weighted by molar-refractivity contribution is -0.116. The zero-order valence-corrected chi connectivity index (χ0v) is 12.1. The number of benzene rings is 1. The van der Waals surface area contributed by atoms with Crippen LogP contribution in [0.25, 0.3) is 0 Å². The van der Waals surface area contributed by atoms with Gasteiger partial charge < -0.3 is 11.1 Å². The summed E-state index contributed by atoms with van der Waals surface area (Å²) in [6.45, 7) is 0.143. The molecule has 1 aromatic carbocycles. The smallest absolute Gasteiger partial charge is 0.246 e. The van der Waals surface area contributed by atoms with E-state index in [-0.39, 0.29) is 12.5 Å². The highest BCUT2D eigenvalue weighted by molar-refractivity contribution is 14.1. The molecule has 1 aromatic heterocycles. The lowest BCUT2D eigenvalue weighted by Gasteiger charge is -2.07. The Morgan fingerprint density at radius 1 is 1.56 bits per heavy atom. The van der Waals surface area contributed by atoms with Gasteiger partial charge in [0.2, 0.25) is 5.91 Å². The molecule has 0 atom stereocenters. The largest absolute Gasteiger partial charge is 0.399 e. The first-order chi connectivity index (χ1) is 8.54. The maximum Gasteiger partial charge on any atom is 0.246 e. The molecule has 0 radical (unpaired) electrons. The van der Waals surface area contributed by atoms with Gasteiger partial charge in [-0.15, -0.1) is 0 Å². The van der Waals surface area contributed by atoms with Crippen molar-refractivity contribution < 1.29 is 4.79 Å². The van der Waals surface area contributed by atoms with Gasteiger partial charge in [0.15, 0.2) is 0 Å². The van der Waals surface area contributed by atoms with Crippen molar-refractivity contribution in [2.45, 2.75) is 6.54 Å². The Morgan fingerprint density at radius 3 is 2.94 bits per heavy atom. The topological polar surface area (TPSA) is 72.9 Å². The summed E-state index contributed by atoms with van der Waals surface area (Å²) in [5.74, 6) is -0.193. The third-order valence-electron chi connectivity index (χ3n) is 2.17. The molecule has 0 bridgehead atoms. The van der Waals surface area contributed by atoms with Crippen molar-refractivity contribution in [1.82, 2.24) is 9.78 Å². The molecular formula is C11H10ClIN4O. The number of amides is 1. The lowest BCUT2D eigenvalue weighted by Crippen LogP contribution is -2.19. The second-order valence-electron chi connectivity index (χ2n) is 3.64. The molecule has 94 valence electrons. The van der Waals surface area contributed by atoms with Crippen LogP contribution in [-0.2, 0) is 11.3 Å². The van der Waals surface area contributed by atoms with E-state index >= 15 is 0 Å². The van der Waals surface area contributed by atoms with Gasteiger partial charge in [-0.2, -0.15) is 5.10 Å². The fraction of sp³-hybridized carbons (Fsp3) is 0.0909. The quantitative estimate of drug-likeness (QED) is 0.638. The van der Waals surface area contributed by atoms with Gasteiger partial charge in [0, 0.05) is 11.9 Å². The Balaban J connectivity index is 2.03. The van der Waals surface area contributed by atoms with Gasteiger partial charge in [0.05, 0.1) is 20.5 Å². The van der Waals surface area contributed by atoms with Crippen molar-refractivity contribution in [2.75, 3.05) is 11.1 Å². The fourth-order valence-electron chi connectivity index (χ4n) is 1.39. The van der Waals surface area contributed by atoms with Crippen molar-refractivity contribution in [3.05, 3.63) is 39.2 Å². The third kappa shape index (κ3) is 3.36. The highest BCUT2D eigenvalue weighted by Crippen LogP contribution is 2.23. The number of nitrogens with two attached hydrogens (primary N) is 1. The van der Waals surface area contributed by atoms with E-state index in [0.717, 1.165) is 3.57 Å². The molecule has 2 rings (SSSR count). The first kappa shape index (κ1) is 13.2. The second-order valence-corrected chi connectivity index (χ2v) is 5.30. The van der Waals surface area contributed by atoms with Crippen LogP contribution in [0.3, 0.4) is 0 Å². The zero-order chi connectivity index (χ0) is 13.1. The number of aromatic nitrogens is 2. The van der Waals surface area contributed by atoms with E-state index in [0.29, 0.717) is 16.4 Å². The van der Waals surface area contributed by atoms with E-state index in [9.17, 15) is 4.79 Å². The van der Waals surface area contributed by atoms with E-state index in [1.54, 1.807) is 35.3 Å². The molecule has 5 nitrogen and oxygen atoms in total. The van der Waals surface area contributed by atoms with E-state index in [4.69, 9.17) is 17.3 Å². The minimum absolute atomic E-state index is 0.143. The highest BCUT2D eigenvalue weighted by Gasteiger charge is 2.07. The molecular weight excluding hydrogens is 367 g/mol. The normalized spacial score (nSPS) is 10.3. The summed E-state index contributed by atoms with van der Waals surface area (Å²) in [6.07, 6.45) is 3.47. The van der Waals surface area contributed by atoms with Gasteiger partial charge in [-0.3, -0.25) is 9.48 Å². The summed E-state index contributed by atoms with van der Waals surface area (Å²) in [5.41, 5.74) is 6.67. The summed E-state index contributed by atoms with van der Waals surface area (Å²) in [4.78, 5) is 11.8. The molecule has 18 heavy (non-hydrogen) atoms. The second kappa shape index (κ2) is 5.57. The van der Waals surface area contributed by atoms with Crippen LogP contribution in [0, 0.1) is 3.57 Å². The van der Waals surface area contributed by atoms with Crippen molar-refractivity contribution in [3.8, 4) is 0 Å². The van der Waals surface area contributed by atoms with Crippen LogP contribution in [0.5, 0.6) is 0 Å². The number of nitrogen functional groups attached to an aromatic ring is 1. The Hall–Kier alpha value is -1.28. The van der Waals surface area contributed by atoms with Crippen molar-refractivity contribution in [2.24, 2.45) is 0 Å². The Morgan fingerprint density at radius 2 is 2.33 bits per heavy atom. The number of rotatable bonds is 3. The summed E-state index contributed by atoms with van der Waals surface area (Å²) in [5, 5.41) is 7.15. The molecule has 0 saturated heterocycles. The third-order valence-corrected chi connectivity index (χ3v) is 3.04. The SMILES string of the molecule is Nc1ccc(NC(=O)Cn2cc(I)cn2)c(Cl)c1. The van der Waals surface area contributed by atoms with E-state index in [1.807, 2.05) is 0 Å². The average Bonchev–Trinajstić information content (AvgIpc) is 2.68. The number of nitrogens with zero attached hydrogens (tertiary/aromatic N) is 2. The maximum atomic E-state index is 11.8. The number of nitrogens with one attached hydrogen (secondary N) is 1. The zero-order valence-electron chi connectivity index (χ0n) is 9.23. The summed E-state index contributed by atoms with van der Waals surface area (Å²) in [6, 6.07) is 4.94. The molecule has 0 saturated carbocycles. The fourth-order valence-corrected chi connectivity index (χ4v) is 2.08. The average molecular weight is 377 g/mol. The van der Waals surface area contributed by atoms with Crippen molar-refractivity contribution in [3.63, 3.8) is 0 Å². The van der Waals surface area contributed by atoms with Crippen molar-refractivity contribution in [1.29, 1.82) is 0 Å². The Bertz CT molecular complexity index is 584.